The SMILES string of the molecule is O=C(Cc1ccc(Cl)cc1)N1CCN(Cc2nc(-c3cccs3)no2)CC1. The second-order valence-corrected chi connectivity index (χ2v) is 7.83. The maximum Gasteiger partial charge on any atom is 0.241 e. The molecule has 0 aliphatic carbocycles. The number of amides is 1. The lowest BCUT2D eigenvalue weighted by molar-refractivity contribution is -0.132. The first-order chi connectivity index (χ1) is 13.2. The van der Waals surface area contributed by atoms with Crippen LogP contribution < -0.4 is 0 Å². The van der Waals surface area contributed by atoms with Gasteiger partial charge in [-0.2, -0.15) is 4.98 Å². The van der Waals surface area contributed by atoms with Crippen LogP contribution in [0.2, 0.25) is 5.02 Å². The number of aromatic nitrogens is 2. The number of nitrogens with zero attached hydrogens (tertiary/aromatic N) is 4. The molecule has 1 saturated heterocycles. The van der Waals surface area contributed by atoms with Crippen LogP contribution in [0.25, 0.3) is 10.7 Å². The van der Waals surface area contributed by atoms with Crippen molar-refractivity contribution in [2.24, 2.45) is 0 Å². The summed E-state index contributed by atoms with van der Waals surface area (Å²) in [5.41, 5.74) is 0.985. The summed E-state index contributed by atoms with van der Waals surface area (Å²) in [4.78, 5) is 22.1. The monoisotopic (exact) mass is 402 g/mol. The highest BCUT2D eigenvalue weighted by Crippen LogP contribution is 2.21. The van der Waals surface area contributed by atoms with Crippen LogP contribution in [0.3, 0.4) is 0 Å². The van der Waals surface area contributed by atoms with Crippen LogP contribution in [0, 0.1) is 0 Å². The maximum absolute atomic E-state index is 12.5. The van der Waals surface area contributed by atoms with Crippen LogP contribution in [0.4, 0.5) is 0 Å². The van der Waals surface area contributed by atoms with E-state index in [2.05, 4.69) is 15.0 Å². The summed E-state index contributed by atoms with van der Waals surface area (Å²) in [5, 5.41) is 6.72. The third-order valence-electron chi connectivity index (χ3n) is 4.56. The van der Waals surface area contributed by atoms with Crippen LogP contribution in [-0.4, -0.2) is 52.0 Å². The second kappa shape index (κ2) is 8.21. The molecule has 0 unspecified atom stereocenters. The molecule has 3 aromatic rings. The lowest BCUT2D eigenvalue weighted by Gasteiger charge is -2.34. The van der Waals surface area contributed by atoms with Gasteiger partial charge in [0.1, 0.15) is 0 Å². The van der Waals surface area contributed by atoms with E-state index in [9.17, 15) is 4.79 Å². The van der Waals surface area contributed by atoms with E-state index >= 15 is 0 Å². The number of hydrogen-bond acceptors (Lipinski definition) is 6. The summed E-state index contributed by atoms with van der Waals surface area (Å²) in [5.74, 6) is 1.39. The molecule has 0 N–H and O–H groups in total. The van der Waals surface area contributed by atoms with Gasteiger partial charge in [0.15, 0.2) is 0 Å². The van der Waals surface area contributed by atoms with Crippen molar-refractivity contribution in [1.29, 1.82) is 0 Å². The van der Waals surface area contributed by atoms with Crippen LogP contribution in [0.5, 0.6) is 0 Å². The molecule has 27 heavy (non-hydrogen) atoms. The lowest BCUT2D eigenvalue weighted by atomic mass is 10.1. The van der Waals surface area contributed by atoms with E-state index in [0.29, 0.717) is 42.8 Å². The zero-order chi connectivity index (χ0) is 18.6. The molecule has 3 heterocycles. The van der Waals surface area contributed by atoms with Gasteiger partial charge in [-0.05, 0) is 29.1 Å². The number of benzene rings is 1. The van der Waals surface area contributed by atoms with Crippen molar-refractivity contribution in [2.45, 2.75) is 13.0 Å². The summed E-state index contributed by atoms with van der Waals surface area (Å²) in [6, 6.07) is 11.4. The first-order valence-electron chi connectivity index (χ1n) is 8.78. The largest absolute Gasteiger partial charge is 0.340 e. The smallest absolute Gasteiger partial charge is 0.241 e. The van der Waals surface area contributed by atoms with Crippen LogP contribution in [0.1, 0.15) is 11.5 Å². The van der Waals surface area contributed by atoms with Gasteiger partial charge in [0, 0.05) is 31.2 Å². The van der Waals surface area contributed by atoms with Crippen molar-refractivity contribution in [3.8, 4) is 10.7 Å². The highest BCUT2D eigenvalue weighted by molar-refractivity contribution is 7.13. The molecular weight excluding hydrogens is 384 g/mol. The van der Waals surface area contributed by atoms with E-state index < -0.39 is 0 Å². The average molecular weight is 403 g/mol. The molecule has 0 saturated carbocycles. The van der Waals surface area contributed by atoms with Crippen molar-refractivity contribution in [2.75, 3.05) is 26.2 Å². The number of hydrogen-bond donors (Lipinski definition) is 0. The van der Waals surface area contributed by atoms with E-state index in [4.69, 9.17) is 16.1 Å². The molecule has 1 amide bonds. The molecule has 6 nitrogen and oxygen atoms in total. The van der Waals surface area contributed by atoms with Gasteiger partial charge in [-0.25, -0.2) is 0 Å². The molecule has 2 aromatic heterocycles. The van der Waals surface area contributed by atoms with Gasteiger partial charge >= 0.3 is 0 Å². The molecule has 1 aliphatic heterocycles. The fraction of sp³-hybridized carbons (Fsp3) is 0.316. The fourth-order valence-electron chi connectivity index (χ4n) is 3.06. The van der Waals surface area contributed by atoms with Crippen molar-refractivity contribution >= 4 is 28.8 Å². The first kappa shape index (κ1) is 18.2. The summed E-state index contributed by atoms with van der Waals surface area (Å²) in [6.45, 7) is 3.61. The molecule has 1 aromatic carbocycles. The maximum atomic E-state index is 12.5. The third kappa shape index (κ3) is 4.55. The quantitative estimate of drug-likeness (QED) is 0.655. The van der Waals surface area contributed by atoms with Gasteiger partial charge in [-0.3, -0.25) is 9.69 Å². The van der Waals surface area contributed by atoms with Crippen LogP contribution >= 0.6 is 22.9 Å². The lowest BCUT2D eigenvalue weighted by Crippen LogP contribution is -2.48. The second-order valence-electron chi connectivity index (χ2n) is 6.45. The number of piperazine rings is 1. The Balaban J connectivity index is 1.27. The normalized spacial score (nSPS) is 15.2. The predicted octanol–water partition coefficient (Wildman–Crippen LogP) is 3.34. The summed E-state index contributed by atoms with van der Waals surface area (Å²) >= 11 is 7.48. The molecular formula is C19H19ClN4O2S. The Morgan fingerprint density at radius 1 is 1.15 bits per heavy atom. The Bertz CT molecular complexity index is 887. The van der Waals surface area contributed by atoms with Gasteiger partial charge in [0.2, 0.25) is 17.6 Å². The standard InChI is InChI=1S/C19H19ClN4O2S/c20-15-5-3-14(4-6-15)12-18(25)24-9-7-23(8-10-24)13-17-21-19(22-26-17)16-2-1-11-27-16/h1-6,11H,7-10,12-13H2. The molecule has 8 heteroatoms. The van der Waals surface area contributed by atoms with Crippen LogP contribution in [0.15, 0.2) is 46.3 Å². The van der Waals surface area contributed by atoms with Gasteiger partial charge in [-0.1, -0.05) is 35.0 Å². The highest BCUT2D eigenvalue weighted by Gasteiger charge is 2.22. The average Bonchev–Trinajstić information content (AvgIpc) is 3.36. The van der Waals surface area contributed by atoms with E-state index in [0.717, 1.165) is 23.5 Å². The summed E-state index contributed by atoms with van der Waals surface area (Å²) in [6.07, 6.45) is 0.408. The number of carbonyl (C=O) groups excluding carboxylic acids is 1. The Kier molecular flexibility index (Phi) is 5.52. The minimum absolute atomic E-state index is 0.148. The Hall–Kier alpha value is -2.22. The topological polar surface area (TPSA) is 62.5 Å². The molecule has 0 spiro atoms. The Morgan fingerprint density at radius 3 is 2.63 bits per heavy atom. The molecule has 0 atom stereocenters. The zero-order valence-electron chi connectivity index (χ0n) is 14.7. The predicted molar refractivity (Wildman–Crippen MR) is 105 cm³/mol. The summed E-state index contributed by atoms with van der Waals surface area (Å²) < 4.78 is 5.37. The number of carbonyl (C=O) groups is 1. The van der Waals surface area contributed by atoms with Gasteiger partial charge < -0.3 is 9.42 Å². The molecule has 0 bridgehead atoms. The third-order valence-corrected chi connectivity index (χ3v) is 5.68. The number of thiophene rings is 1. The molecule has 1 aliphatic rings. The van der Waals surface area contributed by atoms with Crippen LogP contribution in [-0.2, 0) is 17.8 Å². The first-order valence-corrected chi connectivity index (χ1v) is 10.0. The van der Waals surface area contributed by atoms with Crippen molar-refractivity contribution in [3.05, 3.63) is 58.3 Å². The van der Waals surface area contributed by atoms with E-state index in [-0.39, 0.29) is 5.91 Å². The molecule has 1 fully saturated rings. The van der Waals surface area contributed by atoms with Crippen molar-refractivity contribution in [1.82, 2.24) is 19.9 Å². The zero-order valence-corrected chi connectivity index (χ0v) is 16.2. The van der Waals surface area contributed by atoms with Crippen molar-refractivity contribution in [3.63, 3.8) is 0 Å². The minimum Gasteiger partial charge on any atom is -0.340 e. The van der Waals surface area contributed by atoms with Gasteiger partial charge in [0.05, 0.1) is 17.8 Å². The minimum atomic E-state index is 0.148. The van der Waals surface area contributed by atoms with Gasteiger partial charge in [0.25, 0.3) is 0 Å². The van der Waals surface area contributed by atoms with Crippen molar-refractivity contribution < 1.29 is 9.32 Å². The molecule has 0 radical (unpaired) electrons. The number of halogens is 1. The summed E-state index contributed by atoms with van der Waals surface area (Å²) in [7, 11) is 0. The Morgan fingerprint density at radius 2 is 1.93 bits per heavy atom. The fourth-order valence-corrected chi connectivity index (χ4v) is 3.84. The van der Waals surface area contributed by atoms with Gasteiger partial charge in [-0.15, -0.1) is 11.3 Å². The van der Waals surface area contributed by atoms with E-state index in [1.165, 1.54) is 0 Å². The highest BCUT2D eigenvalue weighted by atomic mass is 35.5. The Labute approximate surface area is 166 Å². The van der Waals surface area contributed by atoms with E-state index in [1.807, 2.05) is 46.7 Å². The number of rotatable bonds is 5. The molecule has 140 valence electrons. The van der Waals surface area contributed by atoms with E-state index in [1.54, 1.807) is 11.3 Å². The molecule has 4 rings (SSSR count).